The van der Waals surface area contributed by atoms with Crippen LogP contribution in [0.5, 0.6) is 0 Å². The normalized spacial score (nSPS) is 15.8. The fraction of sp³-hybridized carbons (Fsp3) is 0.214. The van der Waals surface area contributed by atoms with Gasteiger partial charge in [-0.3, -0.25) is 4.98 Å². The van der Waals surface area contributed by atoms with Crippen LogP contribution >= 0.6 is 0 Å². The van der Waals surface area contributed by atoms with E-state index in [0.717, 1.165) is 6.20 Å². The maximum absolute atomic E-state index is 13.9. The van der Waals surface area contributed by atoms with Gasteiger partial charge in [0.15, 0.2) is 0 Å². The number of rotatable bonds is 1. The predicted molar refractivity (Wildman–Crippen MR) is 66.7 cm³/mol. The largest absolute Gasteiger partial charge is 0.361 e. The van der Waals surface area contributed by atoms with Crippen molar-refractivity contribution in [3.05, 3.63) is 52.4 Å². The van der Waals surface area contributed by atoms with Crippen molar-refractivity contribution < 1.29 is 4.39 Å². The quantitative estimate of drug-likeness (QED) is 0.835. The second-order valence-electron chi connectivity index (χ2n) is 4.26. The molecule has 0 radical (unpaired) electrons. The average molecular weight is 254 g/mol. The molecule has 5 heteroatoms. The smallest absolute Gasteiger partial charge is 0.145 e. The number of halogens is 1. The SMILES string of the molecule is CC1=C(C#N)C(c2ccncc2F)C(C#N)=C(C)N1. The standard InChI is InChI=1S/C14H11FN4/c1-8-11(5-16)14(12(6-17)9(2)19-8)10-3-4-18-7-13(10)15/h3-4,7,14,19H,1-2H3. The highest BCUT2D eigenvalue weighted by molar-refractivity contribution is 5.54. The number of hydrogen-bond acceptors (Lipinski definition) is 4. The highest BCUT2D eigenvalue weighted by atomic mass is 19.1. The lowest BCUT2D eigenvalue weighted by Crippen LogP contribution is -2.24. The monoisotopic (exact) mass is 254 g/mol. The number of hydrogen-bond donors (Lipinski definition) is 1. The fourth-order valence-corrected chi connectivity index (χ4v) is 2.22. The van der Waals surface area contributed by atoms with E-state index in [4.69, 9.17) is 0 Å². The zero-order valence-electron chi connectivity index (χ0n) is 10.5. The molecule has 0 spiro atoms. The van der Waals surface area contributed by atoms with Crippen molar-refractivity contribution in [2.24, 2.45) is 0 Å². The van der Waals surface area contributed by atoms with Gasteiger partial charge >= 0.3 is 0 Å². The van der Waals surface area contributed by atoms with Gasteiger partial charge in [0.1, 0.15) is 5.82 Å². The molecule has 0 fully saturated rings. The van der Waals surface area contributed by atoms with Crippen LogP contribution in [0.3, 0.4) is 0 Å². The Hall–Kier alpha value is -2.66. The molecule has 1 aromatic heterocycles. The van der Waals surface area contributed by atoms with Gasteiger partial charge in [-0.1, -0.05) is 0 Å². The molecule has 94 valence electrons. The molecule has 1 aromatic rings. The lowest BCUT2D eigenvalue weighted by Gasteiger charge is -2.26. The number of allylic oxidation sites excluding steroid dienone is 4. The first-order chi connectivity index (χ1) is 9.10. The van der Waals surface area contributed by atoms with Gasteiger partial charge in [0.25, 0.3) is 0 Å². The van der Waals surface area contributed by atoms with E-state index in [2.05, 4.69) is 22.4 Å². The molecular weight excluding hydrogens is 243 g/mol. The Morgan fingerprint density at radius 1 is 1.21 bits per heavy atom. The fourth-order valence-electron chi connectivity index (χ4n) is 2.22. The van der Waals surface area contributed by atoms with Crippen molar-refractivity contribution in [1.82, 2.24) is 10.3 Å². The van der Waals surface area contributed by atoms with Crippen LogP contribution in [0, 0.1) is 28.5 Å². The van der Waals surface area contributed by atoms with E-state index in [0.29, 0.717) is 28.1 Å². The van der Waals surface area contributed by atoms with E-state index in [1.54, 1.807) is 13.8 Å². The van der Waals surface area contributed by atoms with Gasteiger partial charge in [-0.05, 0) is 19.9 Å². The lowest BCUT2D eigenvalue weighted by molar-refractivity contribution is 0.597. The summed E-state index contributed by atoms with van der Waals surface area (Å²) in [6.07, 6.45) is 2.54. The minimum absolute atomic E-state index is 0.295. The Morgan fingerprint density at radius 3 is 2.26 bits per heavy atom. The number of nitrogens with zero attached hydrogens (tertiary/aromatic N) is 3. The highest BCUT2D eigenvalue weighted by Gasteiger charge is 2.31. The third-order valence-electron chi connectivity index (χ3n) is 3.12. The van der Waals surface area contributed by atoms with Gasteiger partial charge in [0.05, 0.1) is 35.4 Å². The van der Waals surface area contributed by atoms with E-state index < -0.39 is 11.7 Å². The van der Waals surface area contributed by atoms with Crippen LogP contribution in [0.4, 0.5) is 4.39 Å². The first-order valence-electron chi connectivity index (χ1n) is 5.68. The molecule has 0 aliphatic carbocycles. The van der Waals surface area contributed by atoms with Crippen molar-refractivity contribution in [2.45, 2.75) is 19.8 Å². The second kappa shape index (κ2) is 4.91. The molecule has 19 heavy (non-hydrogen) atoms. The first-order valence-corrected chi connectivity index (χ1v) is 5.68. The van der Waals surface area contributed by atoms with Gasteiger partial charge in [-0.25, -0.2) is 4.39 Å². The summed E-state index contributed by atoms with van der Waals surface area (Å²) in [5, 5.41) is 21.5. The van der Waals surface area contributed by atoms with Crippen LogP contribution in [0.15, 0.2) is 41.0 Å². The molecule has 0 atom stereocenters. The number of dihydropyridines is 1. The molecule has 1 aliphatic heterocycles. The third-order valence-corrected chi connectivity index (χ3v) is 3.12. The number of nitriles is 2. The minimum Gasteiger partial charge on any atom is -0.361 e. The summed E-state index contributed by atoms with van der Waals surface area (Å²) in [6.45, 7) is 3.48. The Labute approximate surface area is 110 Å². The van der Waals surface area contributed by atoms with Gasteiger partial charge in [-0.2, -0.15) is 10.5 Å². The van der Waals surface area contributed by atoms with Crippen LogP contribution in [-0.4, -0.2) is 4.98 Å². The van der Waals surface area contributed by atoms with Gasteiger partial charge in [0, 0.05) is 23.2 Å². The molecule has 0 amide bonds. The Balaban J connectivity index is 2.69. The van der Waals surface area contributed by atoms with E-state index in [1.807, 2.05) is 0 Å². The maximum Gasteiger partial charge on any atom is 0.145 e. The minimum atomic E-state index is -0.667. The number of nitrogens with one attached hydrogen (secondary N) is 1. The van der Waals surface area contributed by atoms with E-state index in [1.165, 1.54) is 12.3 Å². The van der Waals surface area contributed by atoms with Crippen molar-refractivity contribution in [2.75, 3.05) is 0 Å². The predicted octanol–water partition coefficient (Wildman–Crippen LogP) is 2.50. The second-order valence-corrected chi connectivity index (χ2v) is 4.26. The van der Waals surface area contributed by atoms with Crippen molar-refractivity contribution in [1.29, 1.82) is 10.5 Å². The summed E-state index contributed by atoms with van der Waals surface area (Å²) in [6, 6.07) is 5.62. The Morgan fingerprint density at radius 2 is 1.79 bits per heavy atom. The highest BCUT2D eigenvalue weighted by Crippen LogP contribution is 2.37. The van der Waals surface area contributed by atoms with Crippen LogP contribution < -0.4 is 5.32 Å². The summed E-state index contributed by atoms with van der Waals surface area (Å²) in [5.74, 6) is -1.19. The average Bonchev–Trinajstić information content (AvgIpc) is 2.38. The zero-order valence-corrected chi connectivity index (χ0v) is 10.5. The van der Waals surface area contributed by atoms with Gasteiger partial charge in [0.2, 0.25) is 0 Å². The third kappa shape index (κ3) is 2.07. The Bertz CT molecular complexity index is 637. The van der Waals surface area contributed by atoms with Crippen LogP contribution in [-0.2, 0) is 0 Å². The zero-order chi connectivity index (χ0) is 14.0. The molecule has 2 rings (SSSR count). The van der Waals surface area contributed by atoms with Crippen molar-refractivity contribution >= 4 is 0 Å². The summed E-state index contributed by atoms with van der Waals surface area (Å²) < 4.78 is 13.9. The molecule has 0 bridgehead atoms. The first kappa shape index (κ1) is 12.8. The molecular formula is C14H11FN4. The number of pyridine rings is 1. The summed E-state index contributed by atoms with van der Waals surface area (Å²) in [7, 11) is 0. The molecule has 2 heterocycles. The van der Waals surface area contributed by atoms with Crippen molar-refractivity contribution in [3.8, 4) is 12.1 Å². The van der Waals surface area contributed by atoms with Crippen LogP contribution in [0.2, 0.25) is 0 Å². The molecule has 0 saturated heterocycles. The summed E-state index contributed by atoms with van der Waals surface area (Å²) in [5.41, 5.74) is 2.28. The molecule has 0 aromatic carbocycles. The van der Waals surface area contributed by atoms with Gasteiger partial charge in [-0.15, -0.1) is 0 Å². The molecule has 1 N–H and O–H groups in total. The van der Waals surface area contributed by atoms with E-state index >= 15 is 0 Å². The maximum atomic E-state index is 13.9. The molecule has 1 aliphatic rings. The van der Waals surface area contributed by atoms with Crippen LogP contribution in [0.25, 0.3) is 0 Å². The van der Waals surface area contributed by atoms with Gasteiger partial charge < -0.3 is 5.32 Å². The lowest BCUT2D eigenvalue weighted by atomic mass is 9.82. The van der Waals surface area contributed by atoms with Crippen molar-refractivity contribution in [3.63, 3.8) is 0 Å². The topological polar surface area (TPSA) is 72.5 Å². The van der Waals surface area contributed by atoms with E-state index in [-0.39, 0.29) is 0 Å². The van der Waals surface area contributed by atoms with E-state index in [9.17, 15) is 14.9 Å². The Kier molecular flexibility index (Phi) is 3.31. The number of aromatic nitrogens is 1. The molecule has 0 unspecified atom stereocenters. The van der Waals surface area contributed by atoms with Crippen LogP contribution in [0.1, 0.15) is 25.3 Å². The molecule has 0 saturated carbocycles. The molecule has 4 nitrogen and oxygen atoms in total. The summed E-state index contributed by atoms with van der Waals surface area (Å²) in [4.78, 5) is 3.69. The summed E-state index contributed by atoms with van der Waals surface area (Å²) >= 11 is 0.